The SMILES string of the molecule is CC(C)Oc1ccnc(NC2(C)CCC2)n1. The van der Waals surface area contributed by atoms with Crippen LogP contribution >= 0.6 is 0 Å². The maximum Gasteiger partial charge on any atom is 0.226 e. The van der Waals surface area contributed by atoms with Crippen molar-refractivity contribution in [3.05, 3.63) is 12.3 Å². The zero-order valence-corrected chi connectivity index (χ0v) is 10.2. The average Bonchev–Trinajstić information content (AvgIpc) is 2.14. The topological polar surface area (TPSA) is 47.0 Å². The Balaban J connectivity index is 2.04. The number of ether oxygens (including phenoxy) is 1. The van der Waals surface area contributed by atoms with Gasteiger partial charge in [0.1, 0.15) is 0 Å². The van der Waals surface area contributed by atoms with Crippen LogP contribution in [0.5, 0.6) is 5.88 Å². The molecule has 1 aromatic heterocycles. The number of rotatable bonds is 4. The van der Waals surface area contributed by atoms with E-state index in [-0.39, 0.29) is 11.6 Å². The van der Waals surface area contributed by atoms with Gasteiger partial charge in [0.05, 0.1) is 6.10 Å². The fourth-order valence-corrected chi connectivity index (χ4v) is 1.81. The van der Waals surface area contributed by atoms with Gasteiger partial charge in [0, 0.05) is 17.8 Å². The second kappa shape index (κ2) is 4.28. The van der Waals surface area contributed by atoms with E-state index < -0.39 is 0 Å². The molecule has 4 heteroatoms. The second-order valence-electron chi connectivity index (χ2n) is 4.92. The van der Waals surface area contributed by atoms with E-state index in [0.29, 0.717) is 11.8 Å². The van der Waals surface area contributed by atoms with E-state index >= 15 is 0 Å². The van der Waals surface area contributed by atoms with Crippen LogP contribution in [0.3, 0.4) is 0 Å². The standard InChI is InChI=1S/C12H19N3O/c1-9(2)16-10-5-8-13-11(14-10)15-12(3)6-4-7-12/h5,8-9H,4,6-7H2,1-3H3,(H,13,14,15). The Morgan fingerprint density at radius 3 is 2.75 bits per heavy atom. The molecular formula is C12H19N3O. The maximum atomic E-state index is 5.53. The highest BCUT2D eigenvalue weighted by Gasteiger charge is 2.32. The van der Waals surface area contributed by atoms with Crippen LogP contribution < -0.4 is 10.1 Å². The van der Waals surface area contributed by atoms with Gasteiger partial charge in [-0.25, -0.2) is 4.98 Å². The highest BCUT2D eigenvalue weighted by atomic mass is 16.5. The third-order valence-electron chi connectivity index (χ3n) is 2.86. The maximum absolute atomic E-state index is 5.53. The second-order valence-corrected chi connectivity index (χ2v) is 4.92. The number of nitrogens with zero attached hydrogens (tertiary/aromatic N) is 2. The van der Waals surface area contributed by atoms with E-state index in [0.717, 1.165) is 0 Å². The van der Waals surface area contributed by atoms with Gasteiger partial charge in [-0.1, -0.05) is 0 Å². The van der Waals surface area contributed by atoms with Crippen LogP contribution in [0.4, 0.5) is 5.95 Å². The number of aromatic nitrogens is 2. The monoisotopic (exact) mass is 221 g/mol. The first kappa shape index (κ1) is 11.2. The number of hydrogen-bond donors (Lipinski definition) is 1. The molecule has 1 heterocycles. The van der Waals surface area contributed by atoms with E-state index in [1.54, 1.807) is 12.3 Å². The fraction of sp³-hybridized carbons (Fsp3) is 0.667. The summed E-state index contributed by atoms with van der Waals surface area (Å²) in [7, 11) is 0. The summed E-state index contributed by atoms with van der Waals surface area (Å²) in [5.74, 6) is 1.30. The molecular weight excluding hydrogens is 202 g/mol. The smallest absolute Gasteiger partial charge is 0.226 e. The van der Waals surface area contributed by atoms with Gasteiger partial charge in [0.25, 0.3) is 0 Å². The molecule has 0 aliphatic heterocycles. The van der Waals surface area contributed by atoms with Crippen molar-refractivity contribution in [2.45, 2.75) is 51.7 Å². The molecule has 1 aliphatic rings. The molecule has 0 amide bonds. The molecule has 1 saturated carbocycles. The van der Waals surface area contributed by atoms with Crippen LogP contribution in [-0.4, -0.2) is 21.6 Å². The fourth-order valence-electron chi connectivity index (χ4n) is 1.81. The summed E-state index contributed by atoms with van der Waals surface area (Å²) in [4.78, 5) is 8.55. The number of anilines is 1. The van der Waals surface area contributed by atoms with Crippen molar-refractivity contribution in [1.29, 1.82) is 0 Å². The zero-order valence-electron chi connectivity index (χ0n) is 10.2. The molecule has 1 aromatic rings. The molecule has 0 bridgehead atoms. The third kappa shape index (κ3) is 2.62. The van der Waals surface area contributed by atoms with Crippen LogP contribution in [-0.2, 0) is 0 Å². The van der Waals surface area contributed by atoms with E-state index in [9.17, 15) is 0 Å². The van der Waals surface area contributed by atoms with Gasteiger partial charge in [-0.3, -0.25) is 0 Å². The quantitative estimate of drug-likeness (QED) is 0.849. The highest BCUT2D eigenvalue weighted by molar-refractivity contribution is 5.32. The largest absolute Gasteiger partial charge is 0.475 e. The van der Waals surface area contributed by atoms with Gasteiger partial charge in [0.2, 0.25) is 11.8 Å². The summed E-state index contributed by atoms with van der Waals surface area (Å²) >= 11 is 0. The summed E-state index contributed by atoms with van der Waals surface area (Å²) in [5.41, 5.74) is 0.177. The lowest BCUT2D eigenvalue weighted by Crippen LogP contribution is -2.42. The van der Waals surface area contributed by atoms with Gasteiger partial charge in [-0.15, -0.1) is 0 Å². The zero-order chi connectivity index (χ0) is 11.6. The van der Waals surface area contributed by atoms with E-state index in [2.05, 4.69) is 22.2 Å². The summed E-state index contributed by atoms with van der Waals surface area (Å²) in [6.07, 6.45) is 5.53. The van der Waals surface area contributed by atoms with Crippen LogP contribution in [0.1, 0.15) is 40.0 Å². The Kier molecular flexibility index (Phi) is 2.99. The summed E-state index contributed by atoms with van der Waals surface area (Å²) in [6.45, 7) is 6.18. The van der Waals surface area contributed by atoms with Gasteiger partial charge < -0.3 is 10.1 Å². The first-order valence-corrected chi connectivity index (χ1v) is 5.85. The Bertz CT molecular complexity index is 361. The average molecular weight is 221 g/mol. The lowest BCUT2D eigenvalue weighted by atomic mass is 9.79. The minimum absolute atomic E-state index is 0.141. The van der Waals surface area contributed by atoms with Crippen LogP contribution in [0.25, 0.3) is 0 Å². The molecule has 88 valence electrons. The Morgan fingerprint density at radius 2 is 2.19 bits per heavy atom. The Morgan fingerprint density at radius 1 is 1.44 bits per heavy atom. The molecule has 2 rings (SSSR count). The normalized spacial score (nSPS) is 18.0. The minimum atomic E-state index is 0.141. The summed E-state index contributed by atoms with van der Waals surface area (Å²) in [6, 6.07) is 1.79. The van der Waals surface area contributed by atoms with E-state index in [1.165, 1.54) is 19.3 Å². The number of hydrogen-bond acceptors (Lipinski definition) is 4. The molecule has 0 aromatic carbocycles. The van der Waals surface area contributed by atoms with Crippen molar-refractivity contribution in [3.8, 4) is 5.88 Å². The van der Waals surface area contributed by atoms with Crippen LogP contribution in [0, 0.1) is 0 Å². The van der Waals surface area contributed by atoms with Crippen LogP contribution in [0.2, 0.25) is 0 Å². The lowest BCUT2D eigenvalue weighted by molar-refractivity contribution is 0.232. The molecule has 16 heavy (non-hydrogen) atoms. The Labute approximate surface area is 96.4 Å². The van der Waals surface area contributed by atoms with Crippen molar-refractivity contribution >= 4 is 5.95 Å². The Hall–Kier alpha value is -1.32. The predicted octanol–water partition coefficient (Wildman–Crippen LogP) is 2.62. The molecule has 0 unspecified atom stereocenters. The third-order valence-corrected chi connectivity index (χ3v) is 2.86. The van der Waals surface area contributed by atoms with Crippen molar-refractivity contribution in [3.63, 3.8) is 0 Å². The van der Waals surface area contributed by atoms with Gasteiger partial charge in [0.15, 0.2) is 0 Å². The molecule has 0 saturated heterocycles. The van der Waals surface area contributed by atoms with Crippen molar-refractivity contribution < 1.29 is 4.74 Å². The molecule has 1 fully saturated rings. The molecule has 4 nitrogen and oxygen atoms in total. The van der Waals surface area contributed by atoms with Gasteiger partial charge in [-0.2, -0.15) is 4.98 Å². The van der Waals surface area contributed by atoms with Crippen molar-refractivity contribution in [2.24, 2.45) is 0 Å². The molecule has 0 atom stereocenters. The van der Waals surface area contributed by atoms with Crippen molar-refractivity contribution in [2.75, 3.05) is 5.32 Å². The predicted molar refractivity (Wildman–Crippen MR) is 63.7 cm³/mol. The number of nitrogens with one attached hydrogen (secondary N) is 1. The van der Waals surface area contributed by atoms with Crippen molar-refractivity contribution in [1.82, 2.24) is 9.97 Å². The van der Waals surface area contributed by atoms with E-state index in [4.69, 9.17) is 4.74 Å². The first-order valence-electron chi connectivity index (χ1n) is 5.85. The van der Waals surface area contributed by atoms with Gasteiger partial charge >= 0.3 is 0 Å². The first-order chi connectivity index (χ1) is 7.57. The minimum Gasteiger partial charge on any atom is -0.475 e. The molecule has 1 aliphatic carbocycles. The lowest BCUT2D eigenvalue weighted by Gasteiger charge is -2.39. The highest BCUT2D eigenvalue weighted by Crippen LogP contribution is 2.33. The summed E-state index contributed by atoms with van der Waals surface area (Å²) < 4.78 is 5.53. The van der Waals surface area contributed by atoms with Crippen LogP contribution in [0.15, 0.2) is 12.3 Å². The molecule has 1 N–H and O–H groups in total. The molecule has 0 spiro atoms. The van der Waals surface area contributed by atoms with Gasteiger partial charge in [-0.05, 0) is 40.0 Å². The van der Waals surface area contributed by atoms with E-state index in [1.807, 2.05) is 13.8 Å². The molecule has 0 radical (unpaired) electrons. The summed E-state index contributed by atoms with van der Waals surface area (Å²) in [5, 5.41) is 3.37.